The molecule has 1 unspecified atom stereocenters. The Kier molecular flexibility index (Phi) is 6.22. The van der Waals surface area contributed by atoms with Crippen molar-refractivity contribution < 1.29 is 27.2 Å². The van der Waals surface area contributed by atoms with Crippen LogP contribution in [0.15, 0.2) is 47.4 Å². The maximum absolute atomic E-state index is 13.8. The number of piperazine rings is 1. The second-order valence-electron chi connectivity index (χ2n) is 6.64. The Balaban J connectivity index is 1.64. The topological polar surface area (TPSA) is 104 Å². The minimum Gasteiger partial charge on any atom is -0.387 e. The van der Waals surface area contributed by atoms with Crippen LogP contribution in [0.3, 0.4) is 0 Å². The lowest BCUT2D eigenvalue weighted by atomic mass is 10.1. The lowest BCUT2D eigenvalue weighted by molar-refractivity contribution is -0.385. The number of aliphatic hydroxyl groups excluding tert-OH is 1. The molecule has 3 rings (SSSR count). The third kappa shape index (κ3) is 4.75. The van der Waals surface area contributed by atoms with Crippen LogP contribution in [0.4, 0.5) is 14.5 Å². The van der Waals surface area contributed by atoms with Crippen molar-refractivity contribution in [2.75, 3.05) is 32.7 Å². The Morgan fingerprint density at radius 3 is 2.41 bits per heavy atom. The van der Waals surface area contributed by atoms with Gasteiger partial charge in [0.25, 0.3) is 5.69 Å². The lowest BCUT2D eigenvalue weighted by Crippen LogP contribution is -2.49. The fourth-order valence-electron chi connectivity index (χ4n) is 3.17. The van der Waals surface area contributed by atoms with Gasteiger partial charge in [0.05, 0.1) is 15.9 Å². The second kappa shape index (κ2) is 8.49. The molecule has 1 N–H and O–H groups in total. The van der Waals surface area contributed by atoms with Gasteiger partial charge < -0.3 is 5.11 Å². The van der Waals surface area contributed by atoms with Crippen LogP contribution >= 0.6 is 0 Å². The summed E-state index contributed by atoms with van der Waals surface area (Å²) >= 11 is 0. The van der Waals surface area contributed by atoms with E-state index in [1.54, 1.807) is 4.90 Å². The molecular formula is C18H19F2N3O5S. The molecule has 0 aliphatic carbocycles. The number of β-amino-alcohol motifs (C(OH)–C–C–N with tert-alkyl or cyclic N) is 1. The van der Waals surface area contributed by atoms with E-state index >= 15 is 0 Å². The number of aliphatic hydroxyl groups is 1. The molecule has 0 spiro atoms. The van der Waals surface area contributed by atoms with Gasteiger partial charge in [-0.3, -0.25) is 15.0 Å². The fraction of sp³-hybridized carbons (Fsp3) is 0.333. The van der Waals surface area contributed by atoms with E-state index in [-0.39, 0.29) is 48.9 Å². The Morgan fingerprint density at radius 1 is 1.10 bits per heavy atom. The highest BCUT2D eigenvalue weighted by atomic mass is 32.2. The van der Waals surface area contributed by atoms with E-state index in [9.17, 15) is 32.4 Å². The SMILES string of the molecule is O=[N+]([O-])c1cccc(S(=O)(=O)N2CCN(CC(O)c3ccc(F)cc3F)CC2)c1. The molecule has 1 heterocycles. The smallest absolute Gasteiger partial charge is 0.270 e. The third-order valence-corrected chi connectivity index (χ3v) is 6.64. The Morgan fingerprint density at radius 2 is 1.79 bits per heavy atom. The molecule has 0 aromatic heterocycles. The first-order valence-corrected chi connectivity index (χ1v) is 10.2. The molecule has 8 nitrogen and oxygen atoms in total. The maximum Gasteiger partial charge on any atom is 0.270 e. The molecule has 1 fully saturated rings. The van der Waals surface area contributed by atoms with E-state index in [0.717, 1.165) is 12.1 Å². The molecule has 11 heteroatoms. The molecule has 1 saturated heterocycles. The van der Waals surface area contributed by atoms with E-state index in [1.807, 2.05) is 0 Å². The maximum atomic E-state index is 13.8. The zero-order valence-corrected chi connectivity index (χ0v) is 16.1. The number of rotatable bonds is 6. The van der Waals surface area contributed by atoms with Crippen LogP contribution in [0, 0.1) is 21.7 Å². The summed E-state index contributed by atoms with van der Waals surface area (Å²) in [6, 6.07) is 7.78. The van der Waals surface area contributed by atoms with Crippen LogP contribution in [-0.4, -0.2) is 60.4 Å². The van der Waals surface area contributed by atoms with Gasteiger partial charge in [-0.15, -0.1) is 0 Å². The molecule has 2 aromatic carbocycles. The Hall–Kier alpha value is -2.47. The first-order valence-electron chi connectivity index (χ1n) is 8.78. The minimum atomic E-state index is -3.90. The average molecular weight is 427 g/mol. The van der Waals surface area contributed by atoms with Crippen LogP contribution in [0.25, 0.3) is 0 Å². The summed E-state index contributed by atoms with van der Waals surface area (Å²) in [6.07, 6.45) is -1.18. The Labute approximate surface area is 166 Å². The molecule has 1 aliphatic heterocycles. The fourth-order valence-corrected chi connectivity index (χ4v) is 4.64. The van der Waals surface area contributed by atoms with E-state index in [2.05, 4.69) is 0 Å². The van der Waals surface area contributed by atoms with Crippen LogP contribution in [0.5, 0.6) is 0 Å². The van der Waals surface area contributed by atoms with Crippen LogP contribution in [0.1, 0.15) is 11.7 Å². The van der Waals surface area contributed by atoms with Gasteiger partial charge in [0, 0.05) is 56.5 Å². The summed E-state index contributed by atoms with van der Waals surface area (Å²) in [4.78, 5) is 11.8. The van der Waals surface area contributed by atoms with Gasteiger partial charge in [-0.25, -0.2) is 17.2 Å². The van der Waals surface area contributed by atoms with Crippen LogP contribution < -0.4 is 0 Å². The van der Waals surface area contributed by atoms with Gasteiger partial charge in [-0.2, -0.15) is 4.31 Å². The Bertz CT molecular complexity index is 1010. The monoisotopic (exact) mass is 427 g/mol. The van der Waals surface area contributed by atoms with Crippen LogP contribution in [0.2, 0.25) is 0 Å². The molecule has 0 saturated carbocycles. The lowest BCUT2D eigenvalue weighted by Gasteiger charge is -2.35. The van der Waals surface area contributed by atoms with Crippen molar-refractivity contribution in [2.24, 2.45) is 0 Å². The molecule has 1 aliphatic rings. The highest BCUT2D eigenvalue weighted by Crippen LogP contribution is 2.23. The number of nitro groups is 1. The quantitative estimate of drug-likeness (QED) is 0.558. The summed E-state index contributed by atoms with van der Waals surface area (Å²) in [5.74, 6) is -1.58. The molecule has 156 valence electrons. The zero-order chi connectivity index (χ0) is 21.2. The molecule has 0 amide bonds. The number of nitrogens with zero attached hydrogens (tertiary/aromatic N) is 3. The van der Waals surface area contributed by atoms with E-state index in [1.165, 1.54) is 28.6 Å². The average Bonchev–Trinajstić information content (AvgIpc) is 2.68. The molecular weight excluding hydrogens is 408 g/mol. The largest absolute Gasteiger partial charge is 0.387 e. The minimum absolute atomic E-state index is 0.0296. The highest BCUT2D eigenvalue weighted by Gasteiger charge is 2.30. The summed E-state index contributed by atoms with van der Waals surface area (Å²) in [5, 5.41) is 21.1. The van der Waals surface area contributed by atoms with Crippen molar-refractivity contribution in [3.63, 3.8) is 0 Å². The number of halogens is 2. The molecule has 29 heavy (non-hydrogen) atoms. The third-order valence-electron chi connectivity index (χ3n) is 4.75. The summed E-state index contributed by atoms with van der Waals surface area (Å²) in [7, 11) is -3.90. The van der Waals surface area contributed by atoms with E-state index in [4.69, 9.17) is 0 Å². The van der Waals surface area contributed by atoms with Gasteiger partial charge in [-0.05, 0) is 12.1 Å². The van der Waals surface area contributed by atoms with Crippen molar-refractivity contribution >= 4 is 15.7 Å². The molecule has 1 atom stereocenters. The number of nitro benzene ring substituents is 1. The van der Waals surface area contributed by atoms with Crippen LogP contribution in [-0.2, 0) is 10.0 Å². The summed E-state index contributed by atoms with van der Waals surface area (Å²) in [6.45, 7) is 0.864. The molecule has 2 aromatic rings. The van der Waals surface area contributed by atoms with Gasteiger partial charge >= 0.3 is 0 Å². The number of non-ortho nitro benzene ring substituents is 1. The highest BCUT2D eigenvalue weighted by molar-refractivity contribution is 7.89. The van der Waals surface area contributed by atoms with Gasteiger partial charge in [0.15, 0.2) is 0 Å². The second-order valence-corrected chi connectivity index (χ2v) is 8.58. The predicted octanol–water partition coefficient (Wildman–Crippen LogP) is 1.91. The standard InChI is InChI=1S/C18H19F2N3O5S/c19-13-4-5-16(17(20)10-13)18(24)12-21-6-8-22(9-7-21)29(27,28)15-3-1-2-14(11-15)23(25)26/h1-5,10-11,18,24H,6-9,12H2. The first-order chi connectivity index (χ1) is 13.7. The molecule has 0 bridgehead atoms. The zero-order valence-electron chi connectivity index (χ0n) is 15.2. The normalized spacial score (nSPS) is 17.2. The van der Waals surface area contributed by atoms with Gasteiger partial charge in [0.2, 0.25) is 10.0 Å². The number of sulfonamides is 1. The first kappa shape index (κ1) is 21.2. The van der Waals surface area contributed by atoms with Crippen molar-refractivity contribution in [3.05, 3.63) is 69.8 Å². The summed E-state index contributed by atoms with van der Waals surface area (Å²) in [5.41, 5.74) is -0.341. The van der Waals surface area contributed by atoms with Gasteiger partial charge in [-0.1, -0.05) is 12.1 Å². The summed E-state index contributed by atoms with van der Waals surface area (Å²) < 4.78 is 53.5. The van der Waals surface area contributed by atoms with Crippen molar-refractivity contribution in [1.29, 1.82) is 0 Å². The van der Waals surface area contributed by atoms with Crippen molar-refractivity contribution in [2.45, 2.75) is 11.0 Å². The van der Waals surface area contributed by atoms with E-state index < -0.39 is 32.7 Å². The van der Waals surface area contributed by atoms with E-state index in [0.29, 0.717) is 6.07 Å². The number of hydrogen-bond donors (Lipinski definition) is 1. The predicted molar refractivity (Wildman–Crippen MR) is 99.6 cm³/mol. The van der Waals surface area contributed by atoms with Gasteiger partial charge in [0.1, 0.15) is 11.6 Å². The van der Waals surface area contributed by atoms with Crippen molar-refractivity contribution in [3.8, 4) is 0 Å². The number of benzene rings is 2. The molecule has 0 radical (unpaired) electrons. The number of hydrogen-bond acceptors (Lipinski definition) is 6. The van der Waals surface area contributed by atoms with Crippen molar-refractivity contribution in [1.82, 2.24) is 9.21 Å².